The predicted molar refractivity (Wildman–Crippen MR) is 281 cm³/mol. The number of phenols is 8. The van der Waals surface area contributed by atoms with E-state index in [1.807, 2.05) is 0 Å². The number of carbonyl (C=O) groups is 3. The van der Waals surface area contributed by atoms with Crippen molar-refractivity contribution in [2.24, 2.45) is 11.8 Å². The first-order valence-electron chi connectivity index (χ1n) is 24.0. The first-order chi connectivity index (χ1) is 38.4. The lowest BCUT2D eigenvalue weighted by Crippen LogP contribution is -2.26. The number of aliphatic hydroxyl groups excluding tert-OH is 4. The number of carboxylic acids is 1. The quantitative estimate of drug-likeness (QED) is 0.0322. The van der Waals surface area contributed by atoms with E-state index in [9.17, 15) is 85.3 Å². The van der Waals surface area contributed by atoms with Crippen LogP contribution in [0.5, 0.6) is 69.0 Å². The largest absolute Gasteiger partial charge is 0.507 e. The topological polar surface area (TPSA) is 434 Å². The van der Waals surface area contributed by atoms with Gasteiger partial charge in [0.05, 0.1) is 12.8 Å². The van der Waals surface area contributed by atoms with Crippen molar-refractivity contribution >= 4 is 45.9 Å². The first kappa shape index (κ1) is 54.6. The Morgan fingerprint density at radius 2 is 0.864 bits per heavy atom. The molecule has 0 fully saturated rings. The summed E-state index contributed by atoms with van der Waals surface area (Å²) in [5.74, 6) is -11.9. The molecule has 11 rings (SSSR count). The summed E-state index contributed by atoms with van der Waals surface area (Å²) in [6.45, 7) is 0. The molecule has 5 aromatic carbocycles. The van der Waals surface area contributed by atoms with Gasteiger partial charge >= 0.3 is 17.9 Å². The summed E-state index contributed by atoms with van der Waals surface area (Å²) in [6, 6.07) is 13.3. The van der Waals surface area contributed by atoms with Gasteiger partial charge in [-0.05, 0) is 109 Å². The van der Waals surface area contributed by atoms with Crippen molar-refractivity contribution in [3.05, 3.63) is 157 Å². The maximum atomic E-state index is 13.0. The van der Waals surface area contributed by atoms with Gasteiger partial charge in [-0.25, -0.2) is 4.79 Å². The Labute approximate surface area is 452 Å². The van der Waals surface area contributed by atoms with E-state index in [0.29, 0.717) is 5.56 Å². The van der Waals surface area contributed by atoms with Crippen LogP contribution in [0.15, 0.2) is 139 Å². The first-order valence-corrected chi connectivity index (χ1v) is 24.0. The van der Waals surface area contributed by atoms with Gasteiger partial charge in [0.15, 0.2) is 69.1 Å². The highest BCUT2D eigenvalue weighted by Gasteiger charge is 2.40. The number of rotatable bonds is 6. The SMILES string of the molecule is O=C(O)/C=C/c1ccc(O)c(O)c1.O=C1C[C@@H](C2C=C(O)C(O)=CC2)c2c(cc(O)c3c(=O)c(O)c(-c4ccc(O)c(O)c4)oc23)O1.O=C1C[C@H](C2C=C(O)C(O)=CC2)c2c(cc(O)c3c(=O)c(O)c(-c4ccc(O)c(O)c4)oc23)O1. The molecule has 2 aromatic heterocycles. The number of allylic oxidation sites excluding steroid dienone is 4. The molecule has 15 N–H and O–H groups in total. The number of hydrogen-bond acceptors (Lipinski definition) is 23. The van der Waals surface area contributed by atoms with Gasteiger partial charge in [0.2, 0.25) is 22.4 Å². The van der Waals surface area contributed by atoms with Gasteiger partial charge < -0.3 is 94.9 Å². The van der Waals surface area contributed by atoms with Crippen molar-refractivity contribution in [2.45, 2.75) is 37.5 Å². The van der Waals surface area contributed by atoms with Gasteiger partial charge in [0.1, 0.15) is 44.9 Å². The molecule has 416 valence electrons. The second-order valence-electron chi connectivity index (χ2n) is 18.7. The molecular formula is C57H44O24. The van der Waals surface area contributed by atoms with Crippen LogP contribution in [-0.2, 0) is 14.4 Å². The maximum Gasteiger partial charge on any atom is 0.328 e. The molecule has 0 radical (unpaired) electrons. The van der Waals surface area contributed by atoms with Crippen molar-refractivity contribution < 1.29 is 109 Å². The number of ether oxygens (including phenoxy) is 2. The van der Waals surface area contributed by atoms with Crippen LogP contribution in [0.25, 0.3) is 50.7 Å². The Balaban J connectivity index is 0.000000161. The zero-order chi connectivity index (χ0) is 58.5. The van der Waals surface area contributed by atoms with E-state index in [0.717, 1.165) is 42.5 Å². The Morgan fingerprint density at radius 1 is 0.469 bits per heavy atom. The van der Waals surface area contributed by atoms with E-state index in [4.69, 9.17) is 33.6 Å². The van der Waals surface area contributed by atoms with Gasteiger partial charge in [-0.2, -0.15) is 0 Å². The van der Waals surface area contributed by atoms with Crippen LogP contribution in [0, 0.1) is 11.8 Å². The van der Waals surface area contributed by atoms with Crippen LogP contribution in [0.3, 0.4) is 0 Å². The number of phenolic OH excluding ortho intramolecular Hbond substituents is 8. The van der Waals surface area contributed by atoms with Gasteiger partial charge in [-0.15, -0.1) is 0 Å². The molecule has 0 amide bonds. The second-order valence-corrected chi connectivity index (χ2v) is 18.7. The van der Waals surface area contributed by atoms with Crippen molar-refractivity contribution in [2.75, 3.05) is 0 Å². The number of benzene rings is 5. The minimum absolute atomic E-state index is 0.0498. The van der Waals surface area contributed by atoms with E-state index in [1.165, 1.54) is 60.7 Å². The van der Waals surface area contributed by atoms with Crippen LogP contribution in [0.2, 0.25) is 0 Å². The van der Waals surface area contributed by atoms with Crippen molar-refractivity contribution in [1.82, 2.24) is 0 Å². The number of esters is 2. The van der Waals surface area contributed by atoms with Crippen LogP contribution >= 0.6 is 0 Å². The van der Waals surface area contributed by atoms with E-state index in [1.54, 1.807) is 0 Å². The number of aliphatic carboxylic acids is 1. The zero-order valence-electron chi connectivity index (χ0n) is 41.3. The minimum Gasteiger partial charge on any atom is -0.507 e. The van der Waals surface area contributed by atoms with Crippen LogP contribution in [-0.4, -0.2) is 94.5 Å². The molecule has 0 spiro atoms. The minimum atomic E-state index is -1.06. The van der Waals surface area contributed by atoms with E-state index in [-0.39, 0.29) is 127 Å². The van der Waals surface area contributed by atoms with Gasteiger partial charge in [-0.1, -0.05) is 6.07 Å². The van der Waals surface area contributed by atoms with Crippen molar-refractivity contribution in [1.29, 1.82) is 0 Å². The average Bonchev–Trinajstić information content (AvgIpc) is 3.43. The Kier molecular flexibility index (Phi) is 14.4. The third-order valence-electron chi connectivity index (χ3n) is 13.6. The third kappa shape index (κ3) is 10.5. The number of aromatic hydroxyl groups is 10. The number of carbonyl (C=O) groups excluding carboxylic acids is 2. The molecule has 7 aromatic rings. The lowest BCUT2D eigenvalue weighted by molar-refractivity contribution is -0.137. The summed E-state index contributed by atoms with van der Waals surface area (Å²) in [4.78, 5) is 60.8. The number of hydrogen-bond donors (Lipinski definition) is 15. The Morgan fingerprint density at radius 3 is 1.23 bits per heavy atom. The highest BCUT2D eigenvalue weighted by Crippen LogP contribution is 2.51. The smallest absolute Gasteiger partial charge is 0.328 e. The highest BCUT2D eigenvalue weighted by atomic mass is 16.5. The fraction of sp³-hybridized carbons (Fsp3) is 0.140. The lowest BCUT2D eigenvalue weighted by atomic mass is 9.77. The molecule has 81 heavy (non-hydrogen) atoms. The monoisotopic (exact) mass is 1110 g/mol. The third-order valence-corrected chi connectivity index (χ3v) is 13.6. The summed E-state index contributed by atoms with van der Waals surface area (Å²) in [7, 11) is 0. The molecule has 0 bridgehead atoms. The molecule has 2 unspecified atom stereocenters. The van der Waals surface area contributed by atoms with Gasteiger partial charge in [-0.3, -0.25) is 19.2 Å². The number of fused-ring (bicyclic) bond motifs is 6. The molecule has 24 heteroatoms. The summed E-state index contributed by atoms with van der Waals surface area (Å²) in [5.41, 5.74) is -1.05. The van der Waals surface area contributed by atoms with Crippen LogP contribution in [0.4, 0.5) is 0 Å². The summed E-state index contributed by atoms with van der Waals surface area (Å²) in [6.07, 6.45) is 8.08. The highest BCUT2D eigenvalue weighted by molar-refractivity contribution is 5.95. The van der Waals surface area contributed by atoms with Crippen LogP contribution < -0.4 is 20.3 Å². The summed E-state index contributed by atoms with van der Waals surface area (Å²) < 4.78 is 22.4. The van der Waals surface area contributed by atoms with Crippen LogP contribution in [0.1, 0.15) is 54.2 Å². The molecule has 2 aliphatic carbocycles. The molecular weight excluding hydrogens is 1070 g/mol. The summed E-state index contributed by atoms with van der Waals surface area (Å²) >= 11 is 0. The molecule has 4 atom stereocenters. The zero-order valence-corrected chi connectivity index (χ0v) is 41.3. The van der Waals surface area contributed by atoms with E-state index >= 15 is 0 Å². The lowest BCUT2D eigenvalue weighted by Gasteiger charge is -2.31. The predicted octanol–water partition coefficient (Wildman–Crippen LogP) is 8.35. The van der Waals surface area contributed by atoms with E-state index in [2.05, 4.69) is 0 Å². The summed E-state index contributed by atoms with van der Waals surface area (Å²) in [5, 5.41) is 146. The van der Waals surface area contributed by atoms with Crippen molar-refractivity contribution in [3.63, 3.8) is 0 Å². The maximum absolute atomic E-state index is 13.0. The fourth-order valence-corrected chi connectivity index (χ4v) is 9.67. The van der Waals surface area contributed by atoms with Gasteiger partial charge in [0.25, 0.3) is 0 Å². The Bertz CT molecular complexity index is 3870. The number of carboxylic acid groups (broad SMARTS) is 1. The molecule has 4 aliphatic rings. The molecule has 4 heterocycles. The average molecular weight is 1110 g/mol. The van der Waals surface area contributed by atoms with Crippen molar-refractivity contribution in [3.8, 4) is 91.6 Å². The molecule has 0 saturated carbocycles. The Hall–Kier alpha value is -11.2. The second kappa shape index (κ2) is 21.3. The van der Waals surface area contributed by atoms with Gasteiger partial charge in [0, 0.05) is 52.3 Å². The molecule has 24 nitrogen and oxygen atoms in total. The molecule has 0 saturated heterocycles. The normalized spacial score (nSPS) is 18.3. The number of aliphatic hydroxyl groups is 4. The fourth-order valence-electron chi connectivity index (χ4n) is 9.67. The standard InChI is InChI=1S/2C24H18O10.C9H8O4/c2*25-12-3-1-9(5-14(12)27)11-7-18(30)33-17-8-16(29)20-21(31)22(32)23(34-24(20)19(11)17)10-2-4-13(26)15(28)6-10;10-7-3-1-6(5-8(7)11)2-4-9(12)13/h2*2-6,8-9,11,25-29,32H,1,7H2;1-5,10-11H,(H,12,13)/b;;4-2+/t2*9?,11-;/m10./s1. The molecule has 2 aliphatic heterocycles. The van der Waals surface area contributed by atoms with E-state index < -0.39 is 98.4 Å².